The second-order valence-corrected chi connectivity index (χ2v) is 5.09. The number of fused-ring (bicyclic) bond motifs is 1. The first-order valence-electron chi connectivity index (χ1n) is 6.77. The highest BCUT2D eigenvalue weighted by Crippen LogP contribution is 2.17. The van der Waals surface area contributed by atoms with E-state index in [9.17, 15) is 4.79 Å². The molecule has 2 N–H and O–H groups in total. The van der Waals surface area contributed by atoms with Crippen LogP contribution in [0.15, 0.2) is 42.6 Å². The molecular formula is C16H17N3O. The lowest BCUT2D eigenvalue weighted by Gasteiger charge is -2.28. The number of nitrogen functional groups attached to an aromatic ring is 1. The van der Waals surface area contributed by atoms with Gasteiger partial charge in [0.15, 0.2) is 0 Å². The Bertz CT molecular complexity index is 622. The monoisotopic (exact) mass is 267 g/mol. The zero-order valence-corrected chi connectivity index (χ0v) is 11.2. The Balaban J connectivity index is 1.68. The van der Waals surface area contributed by atoms with Crippen LogP contribution in [0.4, 0.5) is 5.69 Å². The van der Waals surface area contributed by atoms with E-state index in [2.05, 4.69) is 4.98 Å². The van der Waals surface area contributed by atoms with Gasteiger partial charge in [-0.15, -0.1) is 0 Å². The van der Waals surface area contributed by atoms with Crippen LogP contribution >= 0.6 is 0 Å². The van der Waals surface area contributed by atoms with Crippen LogP contribution in [0.25, 0.3) is 0 Å². The molecule has 20 heavy (non-hydrogen) atoms. The SMILES string of the molecule is Nc1ccc(CC(=O)N2CCc3ncccc3C2)cc1. The Hall–Kier alpha value is -2.36. The van der Waals surface area contributed by atoms with Crippen molar-refractivity contribution >= 4 is 11.6 Å². The maximum atomic E-state index is 12.3. The van der Waals surface area contributed by atoms with Gasteiger partial charge in [-0.25, -0.2) is 0 Å². The number of benzene rings is 1. The lowest BCUT2D eigenvalue weighted by Crippen LogP contribution is -2.37. The Morgan fingerprint density at radius 1 is 1.25 bits per heavy atom. The van der Waals surface area contributed by atoms with Crippen molar-refractivity contribution < 1.29 is 4.79 Å². The van der Waals surface area contributed by atoms with Crippen molar-refractivity contribution in [1.29, 1.82) is 0 Å². The summed E-state index contributed by atoms with van der Waals surface area (Å²) in [6.45, 7) is 1.41. The Labute approximate surface area is 118 Å². The molecule has 2 heterocycles. The molecule has 2 aromatic rings. The van der Waals surface area contributed by atoms with Gasteiger partial charge in [0.05, 0.1) is 6.42 Å². The normalized spacial score (nSPS) is 13.9. The van der Waals surface area contributed by atoms with Crippen LogP contribution in [0.3, 0.4) is 0 Å². The molecule has 1 aromatic carbocycles. The highest BCUT2D eigenvalue weighted by atomic mass is 16.2. The number of nitrogens with zero attached hydrogens (tertiary/aromatic N) is 2. The van der Waals surface area contributed by atoms with Crippen LogP contribution in [0.1, 0.15) is 16.8 Å². The van der Waals surface area contributed by atoms with Crippen LogP contribution in [0.2, 0.25) is 0 Å². The molecule has 0 spiro atoms. The first kappa shape index (κ1) is 12.7. The van der Waals surface area contributed by atoms with E-state index in [1.54, 1.807) is 0 Å². The molecule has 1 aliphatic rings. The topological polar surface area (TPSA) is 59.2 Å². The zero-order valence-electron chi connectivity index (χ0n) is 11.2. The van der Waals surface area contributed by atoms with Gasteiger partial charge >= 0.3 is 0 Å². The molecule has 4 nitrogen and oxygen atoms in total. The van der Waals surface area contributed by atoms with Gasteiger partial charge in [-0.1, -0.05) is 18.2 Å². The summed E-state index contributed by atoms with van der Waals surface area (Å²) in [6.07, 6.45) is 3.07. The molecule has 1 amide bonds. The van der Waals surface area contributed by atoms with Gasteiger partial charge in [-0.2, -0.15) is 0 Å². The highest BCUT2D eigenvalue weighted by molar-refractivity contribution is 5.79. The molecule has 0 radical (unpaired) electrons. The predicted molar refractivity (Wildman–Crippen MR) is 77.9 cm³/mol. The molecule has 0 saturated carbocycles. The third-order valence-corrected chi connectivity index (χ3v) is 3.65. The van der Waals surface area contributed by atoms with Crippen molar-refractivity contribution in [3.63, 3.8) is 0 Å². The number of pyridine rings is 1. The predicted octanol–water partition coefficient (Wildman–Crippen LogP) is 1.79. The van der Waals surface area contributed by atoms with Crippen LogP contribution in [0, 0.1) is 0 Å². The van der Waals surface area contributed by atoms with E-state index in [1.807, 2.05) is 47.5 Å². The molecule has 3 rings (SSSR count). The first-order chi connectivity index (χ1) is 9.72. The average Bonchev–Trinajstić information content (AvgIpc) is 2.49. The van der Waals surface area contributed by atoms with Gasteiger partial charge in [0.2, 0.25) is 5.91 Å². The van der Waals surface area contributed by atoms with Gasteiger partial charge < -0.3 is 10.6 Å². The van der Waals surface area contributed by atoms with Gasteiger partial charge in [-0.3, -0.25) is 9.78 Å². The maximum absolute atomic E-state index is 12.3. The first-order valence-corrected chi connectivity index (χ1v) is 6.77. The summed E-state index contributed by atoms with van der Waals surface area (Å²) in [4.78, 5) is 18.6. The minimum Gasteiger partial charge on any atom is -0.399 e. The molecule has 0 fully saturated rings. The Kier molecular flexibility index (Phi) is 3.37. The van der Waals surface area contributed by atoms with Gasteiger partial charge in [0, 0.05) is 37.1 Å². The van der Waals surface area contributed by atoms with Crippen molar-refractivity contribution in [3.05, 3.63) is 59.4 Å². The molecule has 1 aliphatic heterocycles. The summed E-state index contributed by atoms with van der Waals surface area (Å²) in [6, 6.07) is 11.5. The van der Waals surface area contributed by atoms with Gasteiger partial charge in [0.25, 0.3) is 0 Å². The second kappa shape index (κ2) is 5.33. The lowest BCUT2D eigenvalue weighted by molar-refractivity contribution is -0.131. The van der Waals surface area contributed by atoms with E-state index in [0.29, 0.717) is 13.0 Å². The molecule has 4 heteroatoms. The molecule has 102 valence electrons. The second-order valence-electron chi connectivity index (χ2n) is 5.09. The third kappa shape index (κ3) is 2.64. The molecule has 0 saturated heterocycles. The van der Waals surface area contributed by atoms with E-state index < -0.39 is 0 Å². The fourth-order valence-electron chi connectivity index (χ4n) is 2.50. The maximum Gasteiger partial charge on any atom is 0.227 e. The van der Waals surface area contributed by atoms with Crippen molar-refractivity contribution in [2.75, 3.05) is 12.3 Å². The number of aromatic nitrogens is 1. The van der Waals surface area contributed by atoms with Crippen molar-refractivity contribution in [2.24, 2.45) is 0 Å². The standard InChI is InChI=1S/C16H17N3O/c17-14-5-3-12(4-6-14)10-16(20)19-9-7-15-13(11-19)2-1-8-18-15/h1-6,8H,7,9-11,17H2. The smallest absolute Gasteiger partial charge is 0.227 e. The van der Waals surface area contributed by atoms with Crippen molar-refractivity contribution in [2.45, 2.75) is 19.4 Å². The van der Waals surface area contributed by atoms with E-state index in [4.69, 9.17) is 5.73 Å². The van der Waals surface area contributed by atoms with Gasteiger partial charge in [0.1, 0.15) is 0 Å². The van der Waals surface area contributed by atoms with Crippen LogP contribution in [-0.4, -0.2) is 22.3 Å². The Morgan fingerprint density at radius 2 is 2.05 bits per heavy atom. The number of hydrogen-bond acceptors (Lipinski definition) is 3. The highest BCUT2D eigenvalue weighted by Gasteiger charge is 2.21. The molecular weight excluding hydrogens is 250 g/mol. The molecule has 1 aromatic heterocycles. The van der Waals surface area contributed by atoms with E-state index >= 15 is 0 Å². The van der Waals surface area contributed by atoms with E-state index in [0.717, 1.165) is 35.5 Å². The van der Waals surface area contributed by atoms with Crippen LogP contribution in [-0.2, 0) is 24.2 Å². The zero-order chi connectivity index (χ0) is 13.9. The number of nitrogens with two attached hydrogens (primary N) is 1. The fraction of sp³-hybridized carbons (Fsp3) is 0.250. The quantitative estimate of drug-likeness (QED) is 0.844. The minimum absolute atomic E-state index is 0.157. The van der Waals surface area contributed by atoms with E-state index in [1.165, 1.54) is 0 Å². The summed E-state index contributed by atoms with van der Waals surface area (Å²) < 4.78 is 0. The number of carbonyl (C=O) groups excluding carboxylic acids is 1. The largest absolute Gasteiger partial charge is 0.399 e. The number of anilines is 1. The third-order valence-electron chi connectivity index (χ3n) is 3.65. The molecule has 0 unspecified atom stereocenters. The Morgan fingerprint density at radius 3 is 2.85 bits per heavy atom. The van der Waals surface area contributed by atoms with Crippen molar-refractivity contribution in [1.82, 2.24) is 9.88 Å². The molecule has 0 bridgehead atoms. The number of amides is 1. The average molecular weight is 267 g/mol. The summed E-state index contributed by atoms with van der Waals surface area (Å²) >= 11 is 0. The molecule has 0 atom stereocenters. The fourth-order valence-corrected chi connectivity index (χ4v) is 2.50. The number of rotatable bonds is 2. The van der Waals surface area contributed by atoms with E-state index in [-0.39, 0.29) is 5.91 Å². The molecule has 0 aliphatic carbocycles. The van der Waals surface area contributed by atoms with Crippen LogP contribution in [0.5, 0.6) is 0 Å². The number of hydrogen-bond donors (Lipinski definition) is 1. The van der Waals surface area contributed by atoms with Crippen molar-refractivity contribution in [3.8, 4) is 0 Å². The minimum atomic E-state index is 0.157. The summed E-state index contributed by atoms with van der Waals surface area (Å²) in [5.74, 6) is 0.157. The number of carbonyl (C=O) groups is 1. The van der Waals surface area contributed by atoms with Crippen LogP contribution < -0.4 is 5.73 Å². The summed E-state index contributed by atoms with van der Waals surface area (Å²) in [7, 11) is 0. The summed E-state index contributed by atoms with van der Waals surface area (Å²) in [5.41, 5.74) is 9.65. The lowest BCUT2D eigenvalue weighted by atomic mass is 10.0. The summed E-state index contributed by atoms with van der Waals surface area (Å²) in [5, 5.41) is 0. The van der Waals surface area contributed by atoms with Gasteiger partial charge in [-0.05, 0) is 29.3 Å².